The molecule has 29 heavy (non-hydrogen) atoms. The second kappa shape index (κ2) is 8.19. The summed E-state index contributed by atoms with van der Waals surface area (Å²) >= 11 is 0. The molecule has 2 N–H and O–H groups in total. The van der Waals surface area contributed by atoms with Gasteiger partial charge in [0.2, 0.25) is 5.91 Å². The van der Waals surface area contributed by atoms with E-state index < -0.39 is 15.4 Å². The lowest BCUT2D eigenvalue weighted by molar-refractivity contribution is -0.130. The minimum Gasteiger partial charge on any atom is -0.355 e. The Hall–Kier alpha value is -2.34. The first-order chi connectivity index (χ1) is 13.6. The SMILES string of the molecule is Cc1ccc(S(=O)(=O)Nc2ccc(C3(C(=O)NCC(C)C)CCC3)cc2)cc1C. The minimum absolute atomic E-state index is 0.0703. The fourth-order valence-electron chi connectivity index (χ4n) is 3.60. The maximum Gasteiger partial charge on any atom is 0.261 e. The van der Waals surface area contributed by atoms with Crippen LogP contribution in [0.4, 0.5) is 5.69 Å². The van der Waals surface area contributed by atoms with Crippen LogP contribution in [-0.4, -0.2) is 20.9 Å². The van der Waals surface area contributed by atoms with Gasteiger partial charge in [0.25, 0.3) is 10.0 Å². The Morgan fingerprint density at radius 3 is 2.21 bits per heavy atom. The molecule has 0 radical (unpaired) electrons. The first-order valence-electron chi connectivity index (χ1n) is 10.1. The fourth-order valence-corrected chi connectivity index (χ4v) is 4.74. The maximum atomic E-state index is 12.8. The molecule has 6 heteroatoms. The van der Waals surface area contributed by atoms with Gasteiger partial charge in [-0.2, -0.15) is 0 Å². The van der Waals surface area contributed by atoms with Gasteiger partial charge in [-0.25, -0.2) is 8.42 Å². The largest absolute Gasteiger partial charge is 0.355 e. The normalized spacial score (nSPS) is 15.6. The monoisotopic (exact) mass is 414 g/mol. The second-order valence-corrected chi connectivity index (χ2v) is 10.2. The van der Waals surface area contributed by atoms with Gasteiger partial charge in [0.1, 0.15) is 0 Å². The number of amides is 1. The van der Waals surface area contributed by atoms with Crippen LogP contribution in [0.15, 0.2) is 47.4 Å². The first-order valence-corrected chi connectivity index (χ1v) is 11.6. The molecule has 1 aliphatic carbocycles. The third-order valence-electron chi connectivity index (χ3n) is 5.79. The molecule has 2 aromatic rings. The Bertz CT molecular complexity index is 991. The third kappa shape index (κ3) is 4.47. The first kappa shape index (κ1) is 21.4. The number of anilines is 1. The quantitative estimate of drug-likeness (QED) is 0.709. The summed E-state index contributed by atoms with van der Waals surface area (Å²) in [4.78, 5) is 13.0. The third-order valence-corrected chi connectivity index (χ3v) is 7.17. The molecule has 0 bridgehead atoms. The predicted octanol–water partition coefficient (Wildman–Crippen LogP) is 4.30. The van der Waals surface area contributed by atoms with Crippen LogP contribution in [0.3, 0.4) is 0 Å². The van der Waals surface area contributed by atoms with Gasteiger partial charge in [0.15, 0.2) is 0 Å². The zero-order valence-corrected chi connectivity index (χ0v) is 18.4. The topological polar surface area (TPSA) is 75.3 Å². The van der Waals surface area contributed by atoms with Crippen molar-refractivity contribution in [2.75, 3.05) is 11.3 Å². The molecule has 1 saturated carbocycles. The number of carbonyl (C=O) groups excluding carboxylic acids is 1. The van der Waals surface area contributed by atoms with Crippen molar-refractivity contribution in [3.8, 4) is 0 Å². The molecule has 156 valence electrons. The van der Waals surface area contributed by atoms with Crippen molar-refractivity contribution < 1.29 is 13.2 Å². The summed E-state index contributed by atoms with van der Waals surface area (Å²) in [5.74, 6) is 0.471. The zero-order chi connectivity index (χ0) is 21.2. The van der Waals surface area contributed by atoms with Crippen molar-refractivity contribution in [2.24, 2.45) is 5.92 Å². The Balaban J connectivity index is 1.77. The van der Waals surface area contributed by atoms with Crippen LogP contribution < -0.4 is 10.0 Å². The molecular weight excluding hydrogens is 384 g/mol. The summed E-state index contributed by atoms with van der Waals surface area (Å²) in [6.07, 6.45) is 2.67. The number of aryl methyl sites for hydroxylation is 2. The lowest BCUT2D eigenvalue weighted by Gasteiger charge is -2.41. The van der Waals surface area contributed by atoms with Gasteiger partial charge in [-0.05, 0) is 73.6 Å². The van der Waals surface area contributed by atoms with E-state index in [-0.39, 0.29) is 10.8 Å². The lowest BCUT2D eigenvalue weighted by Crippen LogP contribution is -2.49. The smallest absolute Gasteiger partial charge is 0.261 e. The molecule has 1 aliphatic rings. The molecule has 5 nitrogen and oxygen atoms in total. The Labute approximate surface area is 174 Å². The van der Waals surface area contributed by atoms with Gasteiger partial charge >= 0.3 is 0 Å². The van der Waals surface area contributed by atoms with Crippen molar-refractivity contribution in [1.29, 1.82) is 0 Å². The van der Waals surface area contributed by atoms with Gasteiger partial charge in [0.05, 0.1) is 10.3 Å². The van der Waals surface area contributed by atoms with E-state index in [1.165, 1.54) is 0 Å². The average molecular weight is 415 g/mol. The van der Waals surface area contributed by atoms with Gasteiger partial charge in [-0.1, -0.05) is 38.5 Å². The van der Waals surface area contributed by atoms with Crippen molar-refractivity contribution in [3.05, 3.63) is 59.2 Å². The highest BCUT2D eigenvalue weighted by molar-refractivity contribution is 7.92. The van der Waals surface area contributed by atoms with E-state index in [9.17, 15) is 13.2 Å². The van der Waals surface area contributed by atoms with Gasteiger partial charge < -0.3 is 5.32 Å². The van der Waals surface area contributed by atoms with Gasteiger partial charge in [-0.15, -0.1) is 0 Å². The Kier molecular flexibility index (Phi) is 6.03. The summed E-state index contributed by atoms with van der Waals surface area (Å²) in [5, 5.41) is 3.06. The maximum absolute atomic E-state index is 12.8. The molecule has 2 aromatic carbocycles. The van der Waals surface area contributed by atoms with Crippen LogP contribution in [0.2, 0.25) is 0 Å². The molecule has 0 aromatic heterocycles. The summed E-state index contributed by atoms with van der Waals surface area (Å²) in [6.45, 7) is 8.65. The molecule has 0 heterocycles. The fraction of sp³-hybridized carbons (Fsp3) is 0.435. The average Bonchev–Trinajstić information content (AvgIpc) is 2.62. The number of benzene rings is 2. The Morgan fingerprint density at radius 1 is 1.03 bits per heavy atom. The van der Waals surface area contributed by atoms with E-state index in [0.29, 0.717) is 18.2 Å². The van der Waals surface area contributed by atoms with Crippen LogP contribution in [0.5, 0.6) is 0 Å². The van der Waals surface area contributed by atoms with Crippen molar-refractivity contribution in [2.45, 2.75) is 57.3 Å². The van der Waals surface area contributed by atoms with Crippen LogP contribution >= 0.6 is 0 Å². The Morgan fingerprint density at radius 2 is 1.69 bits per heavy atom. The van der Waals surface area contributed by atoms with E-state index in [2.05, 4.69) is 23.9 Å². The van der Waals surface area contributed by atoms with Crippen LogP contribution in [0, 0.1) is 19.8 Å². The number of hydrogen-bond donors (Lipinski definition) is 2. The van der Waals surface area contributed by atoms with Gasteiger partial charge in [-0.3, -0.25) is 9.52 Å². The van der Waals surface area contributed by atoms with Crippen LogP contribution in [0.1, 0.15) is 49.8 Å². The molecule has 0 saturated heterocycles. The number of carbonyl (C=O) groups is 1. The van der Waals surface area contributed by atoms with E-state index in [0.717, 1.165) is 36.0 Å². The van der Waals surface area contributed by atoms with E-state index in [4.69, 9.17) is 0 Å². The molecule has 3 rings (SSSR count). The summed E-state index contributed by atoms with van der Waals surface area (Å²) in [5.41, 5.74) is 2.93. The highest BCUT2D eigenvalue weighted by Gasteiger charge is 2.45. The molecule has 0 spiro atoms. The molecular formula is C23H30N2O3S. The molecule has 0 aliphatic heterocycles. The predicted molar refractivity (Wildman–Crippen MR) is 117 cm³/mol. The highest BCUT2D eigenvalue weighted by atomic mass is 32.2. The number of hydrogen-bond acceptors (Lipinski definition) is 3. The number of sulfonamides is 1. The minimum atomic E-state index is -3.66. The summed E-state index contributed by atoms with van der Waals surface area (Å²) in [7, 11) is -3.66. The van der Waals surface area contributed by atoms with Crippen LogP contribution in [0.25, 0.3) is 0 Å². The number of nitrogens with one attached hydrogen (secondary N) is 2. The second-order valence-electron chi connectivity index (χ2n) is 8.47. The molecule has 1 fully saturated rings. The van der Waals surface area contributed by atoms with E-state index in [1.807, 2.05) is 32.0 Å². The zero-order valence-electron chi connectivity index (χ0n) is 17.6. The molecule has 0 atom stereocenters. The highest BCUT2D eigenvalue weighted by Crippen LogP contribution is 2.44. The summed E-state index contributed by atoms with van der Waals surface area (Å²) in [6, 6.07) is 12.3. The molecule has 0 unspecified atom stereocenters. The number of rotatable bonds is 7. The van der Waals surface area contributed by atoms with E-state index >= 15 is 0 Å². The van der Waals surface area contributed by atoms with Crippen molar-refractivity contribution in [3.63, 3.8) is 0 Å². The lowest BCUT2D eigenvalue weighted by atomic mass is 9.63. The molecule has 1 amide bonds. The summed E-state index contributed by atoms with van der Waals surface area (Å²) < 4.78 is 28.0. The standard InChI is InChI=1S/C23H30N2O3S/c1-16(2)15-24-22(26)23(12-5-13-23)19-7-9-20(10-8-19)25-29(27,28)21-11-6-17(3)18(4)14-21/h6-11,14,16,25H,5,12-13,15H2,1-4H3,(H,24,26). The van der Waals surface area contributed by atoms with Crippen LogP contribution in [-0.2, 0) is 20.2 Å². The van der Waals surface area contributed by atoms with Crippen molar-refractivity contribution >= 4 is 21.6 Å². The van der Waals surface area contributed by atoms with Gasteiger partial charge in [0, 0.05) is 12.2 Å². The van der Waals surface area contributed by atoms with E-state index in [1.54, 1.807) is 24.3 Å². The van der Waals surface area contributed by atoms with Crippen molar-refractivity contribution in [1.82, 2.24) is 5.32 Å².